The summed E-state index contributed by atoms with van der Waals surface area (Å²) in [5, 5.41) is 18.6. The molecule has 120 valence electrons. The van der Waals surface area contributed by atoms with E-state index in [1.807, 2.05) is 26.0 Å². The fraction of sp³-hybridized carbons (Fsp3) is 0.263. The zero-order chi connectivity index (χ0) is 17.5. The van der Waals surface area contributed by atoms with Crippen LogP contribution in [0.1, 0.15) is 31.0 Å². The highest BCUT2D eigenvalue weighted by atomic mass is 16.5. The van der Waals surface area contributed by atoms with Crippen molar-refractivity contribution < 1.29 is 9.53 Å². The van der Waals surface area contributed by atoms with Crippen LogP contribution in [0.3, 0.4) is 0 Å². The summed E-state index contributed by atoms with van der Waals surface area (Å²) in [5.41, 5.74) is 0.745. The van der Waals surface area contributed by atoms with E-state index in [0.29, 0.717) is 17.0 Å². The smallest absolute Gasteiger partial charge is 0.196 e. The van der Waals surface area contributed by atoms with E-state index in [-0.39, 0.29) is 11.7 Å². The maximum atomic E-state index is 12.8. The van der Waals surface area contributed by atoms with Crippen LogP contribution in [0.25, 0.3) is 0 Å². The van der Waals surface area contributed by atoms with E-state index in [1.165, 1.54) is 0 Å². The van der Waals surface area contributed by atoms with Gasteiger partial charge in [-0.3, -0.25) is 9.78 Å². The summed E-state index contributed by atoms with van der Waals surface area (Å²) in [6, 6.07) is 15.9. The summed E-state index contributed by atoms with van der Waals surface area (Å²) in [5.74, 6) is -1.19. The molecule has 0 aliphatic carbocycles. The number of pyridine rings is 1. The first kappa shape index (κ1) is 17.2. The minimum absolute atomic E-state index is 0.163. The molecule has 1 aromatic carbocycles. The molecule has 0 radical (unpaired) electrons. The van der Waals surface area contributed by atoms with E-state index in [9.17, 15) is 10.1 Å². The molecule has 0 saturated heterocycles. The van der Waals surface area contributed by atoms with Crippen LogP contribution < -0.4 is 4.74 Å². The van der Waals surface area contributed by atoms with Gasteiger partial charge in [-0.1, -0.05) is 32.0 Å². The summed E-state index contributed by atoms with van der Waals surface area (Å²) in [6.45, 7) is 3.68. The first-order chi connectivity index (χ1) is 11.6. The van der Waals surface area contributed by atoms with Crippen LogP contribution in [0.4, 0.5) is 0 Å². The summed E-state index contributed by atoms with van der Waals surface area (Å²) >= 11 is 0. The highest BCUT2D eigenvalue weighted by molar-refractivity contribution is 5.92. The van der Waals surface area contributed by atoms with Crippen molar-refractivity contribution in [1.82, 2.24) is 4.98 Å². The average molecular weight is 319 g/mol. The van der Waals surface area contributed by atoms with Gasteiger partial charge in [-0.25, -0.2) is 0 Å². The molecule has 0 amide bonds. The van der Waals surface area contributed by atoms with Crippen molar-refractivity contribution in [3.05, 3.63) is 59.9 Å². The number of nitrogens with zero attached hydrogens (tertiary/aromatic N) is 3. The molecule has 0 aliphatic rings. The Labute approximate surface area is 141 Å². The quantitative estimate of drug-likeness (QED) is 0.815. The zero-order valence-corrected chi connectivity index (χ0v) is 13.5. The van der Waals surface area contributed by atoms with E-state index in [1.54, 1.807) is 48.7 Å². The number of ketones is 1. The SMILES string of the molecule is CC(C)[C@@H](Oc1ccccc1C#N)C(=O)[C@H](C#N)c1ccccn1. The number of rotatable bonds is 6. The third-order valence-electron chi connectivity index (χ3n) is 3.54. The number of carbonyl (C=O) groups excluding carboxylic acids is 1. The standard InChI is InChI=1S/C19H17N3O2/c1-13(2)19(24-17-9-4-3-7-14(17)11-20)18(23)15(12-21)16-8-5-6-10-22-16/h3-10,13,15,19H,1-2H3/t15-,19-/m1/s1. The van der Waals surface area contributed by atoms with Crippen LogP contribution in [0.15, 0.2) is 48.7 Å². The topological polar surface area (TPSA) is 86.8 Å². The number of hydrogen-bond donors (Lipinski definition) is 0. The lowest BCUT2D eigenvalue weighted by molar-refractivity contribution is -0.128. The van der Waals surface area contributed by atoms with E-state index >= 15 is 0 Å². The van der Waals surface area contributed by atoms with Gasteiger partial charge in [0.25, 0.3) is 0 Å². The molecule has 0 spiro atoms. The molecule has 0 saturated carbocycles. The van der Waals surface area contributed by atoms with Crippen LogP contribution in [0.2, 0.25) is 0 Å². The van der Waals surface area contributed by atoms with E-state index in [4.69, 9.17) is 10.00 Å². The predicted octanol–water partition coefficient (Wildman–Crippen LogP) is 3.23. The Morgan fingerprint density at radius 3 is 2.42 bits per heavy atom. The van der Waals surface area contributed by atoms with Crippen LogP contribution >= 0.6 is 0 Å². The summed E-state index contributed by atoms with van der Waals surface area (Å²) in [7, 11) is 0. The summed E-state index contributed by atoms with van der Waals surface area (Å²) in [6.07, 6.45) is 0.703. The van der Waals surface area contributed by atoms with Gasteiger partial charge in [-0.2, -0.15) is 10.5 Å². The second-order valence-corrected chi connectivity index (χ2v) is 5.61. The van der Waals surface area contributed by atoms with Crippen molar-refractivity contribution >= 4 is 5.78 Å². The lowest BCUT2D eigenvalue weighted by atomic mass is 9.91. The Morgan fingerprint density at radius 1 is 1.12 bits per heavy atom. The lowest BCUT2D eigenvalue weighted by Gasteiger charge is -2.23. The third kappa shape index (κ3) is 3.77. The van der Waals surface area contributed by atoms with Crippen LogP contribution in [-0.2, 0) is 4.79 Å². The van der Waals surface area contributed by atoms with Crippen molar-refractivity contribution in [2.75, 3.05) is 0 Å². The number of nitriles is 2. The molecule has 0 aliphatic heterocycles. The number of benzene rings is 1. The van der Waals surface area contributed by atoms with Gasteiger partial charge < -0.3 is 4.74 Å². The monoisotopic (exact) mass is 319 g/mol. The highest BCUT2D eigenvalue weighted by Crippen LogP contribution is 2.25. The van der Waals surface area contributed by atoms with Gasteiger partial charge in [0.05, 0.1) is 17.3 Å². The number of ether oxygens (including phenoxy) is 1. The van der Waals surface area contributed by atoms with Crippen molar-refractivity contribution in [3.63, 3.8) is 0 Å². The number of aromatic nitrogens is 1. The fourth-order valence-corrected chi connectivity index (χ4v) is 2.31. The summed E-state index contributed by atoms with van der Waals surface area (Å²) in [4.78, 5) is 17.0. The third-order valence-corrected chi connectivity index (χ3v) is 3.54. The molecular formula is C19H17N3O2. The van der Waals surface area contributed by atoms with E-state index in [0.717, 1.165) is 0 Å². The van der Waals surface area contributed by atoms with Crippen molar-refractivity contribution in [1.29, 1.82) is 10.5 Å². The maximum Gasteiger partial charge on any atom is 0.196 e. The van der Waals surface area contributed by atoms with Crippen LogP contribution in [-0.4, -0.2) is 16.9 Å². The largest absolute Gasteiger partial charge is 0.481 e. The summed E-state index contributed by atoms with van der Waals surface area (Å²) < 4.78 is 5.81. The predicted molar refractivity (Wildman–Crippen MR) is 88.0 cm³/mol. The molecule has 1 heterocycles. The molecule has 0 fully saturated rings. The maximum absolute atomic E-state index is 12.8. The Balaban J connectivity index is 2.32. The van der Waals surface area contributed by atoms with E-state index in [2.05, 4.69) is 4.98 Å². The van der Waals surface area contributed by atoms with Gasteiger partial charge >= 0.3 is 0 Å². The minimum atomic E-state index is -1.01. The number of carbonyl (C=O) groups is 1. The number of hydrogen-bond acceptors (Lipinski definition) is 5. The molecule has 0 N–H and O–H groups in total. The van der Waals surface area contributed by atoms with Gasteiger partial charge in [0.2, 0.25) is 0 Å². The Bertz CT molecular complexity index is 788. The molecular weight excluding hydrogens is 302 g/mol. The van der Waals surface area contributed by atoms with Crippen molar-refractivity contribution in [2.45, 2.75) is 25.9 Å². The Morgan fingerprint density at radius 2 is 1.83 bits per heavy atom. The normalized spacial score (nSPS) is 12.7. The number of Topliss-reactive ketones (excluding diaryl/α,β-unsaturated/α-hetero) is 1. The highest BCUT2D eigenvalue weighted by Gasteiger charge is 2.33. The minimum Gasteiger partial charge on any atom is -0.481 e. The molecule has 0 unspecified atom stereocenters. The van der Waals surface area contributed by atoms with Gasteiger partial charge in [-0.05, 0) is 30.2 Å². The average Bonchev–Trinajstić information content (AvgIpc) is 2.61. The molecule has 24 heavy (non-hydrogen) atoms. The Hall–Kier alpha value is -3.18. The zero-order valence-electron chi connectivity index (χ0n) is 13.5. The van der Waals surface area contributed by atoms with Crippen LogP contribution in [0, 0.1) is 28.6 Å². The van der Waals surface area contributed by atoms with Gasteiger partial charge in [0.15, 0.2) is 17.8 Å². The van der Waals surface area contributed by atoms with Gasteiger partial charge in [-0.15, -0.1) is 0 Å². The fourth-order valence-electron chi connectivity index (χ4n) is 2.31. The molecule has 0 bridgehead atoms. The second-order valence-electron chi connectivity index (χ2n) is 5.61. The lowest BCUT2D eigenvalue weighted by Crippen LogP contribution is -2.36. The van der Waals surface area contributed by atoms with Gasteiger partial charge in [0, 0.05) is 6.20 Å². The second kappa shape index (κ2) is 7.89. The van der Waals surface area contributed by atoms with Crippen molar-refractivity contribution in [3.8, 4) is 17.9 Å². The van der Waals surface area contributed by atoms with Crippen LogP contribution in [0.5, 0.6) is 5.75 Å². The van der Waals surface area contributed by atoms with Gasteiger partial charge in [0.1, 0.15) is 11.8 Å². The first-order valence-electron chi connectivity index (χ1n) is 7.58. The number of para-hydroxylation sites is 1. The van der Waals surface area contributed by atoms with E-state index < -0.39 is 12.0 Å². The Kier molecular flexibility index (Phi) is 5.65. The molecule has 5 heteroatoms. The van der Waals surface area contributed by atoms with Crippen molar-refractivity contribution in [2.24, 2.45) is 5.92 Å². The first-order valence-corrected chi connectivity index (χ1v) is 7.58. The molecule has 2 rings (SSSR count). The molecule has 5 nitrogen and oxygen atoms in total. The molecule has 2 aromatic rings. The molecule has 1 aromatic heterocycles. The molecule has 2 atom stereocenters.